The minimum absolute atomic E-state index is 0.0901. The van der Waals surface area contributed by atoms with Crippen LogP contribution in [0, 0.1) is 28.6 Å². The molecule has 4 aliphatic rings. The van der Waals surface area contributed by atoms with E-state index in [1.54, 1.807) is 0 Å². The first kappa shape index (κ1) is 21.8. The normalized spacial score (nSPS) is 44.6. The molecule has 1 heterocycles. The van der Waals surface area contributed by atoms with Gasteiger partial charge in [0, 0.05) is 18.3 Å². The Morgan fingerprint density at radius 1 is 0.966 bits per heavy atom. The summed E-state index contributed by atoms with van der Waals surface area (Å²) in [6.07, 6.45) is 8.65. The molecule has 0 bridgehead atoms. The Morgan fingerprint density at radius 3 is 2.31 bits per heavy atom. The fourth-order valence-corrected chi connectivity index (χ4v) is 7.36. The average molecular weight is 407 g/mol. The van der Waals surface area contributed by atoms with Crippen LogP contribution in [0.3, 0.4) is 0 Å². The van der Waals surface area contributed by atoms with E-state index in [1.807, 2.05) is 6.92 Å². The van der Waals surface area contributed by atoms with Gasteiger partial charge in [-0.25, -0.2) is 0 Å². The third-order valence-corrected chi connectivity index (χ3v) is 9.00. The molecule has 4 rings (SSSR count). The van der Waals surface area contributed by atoms with Gasteiger partial charge in [-0.1, -0.05) is 13.8 Å². The van der Waals surface area contributed by atoms with Crippen molar-refractivity contribution in [3.63, 3.8) is 0 Å². The fraction of sp³-hybridized carbons (Fsp3) is 0.960. The van der Waals surface area contributed by atoms with Gasteiger partial charge in [-0.15, -0.1) is 0 Å². The molecule has 1 aliphatic heterocycles. The van der Waals surface area contributed by atoms with Crippen LogP contribution in [-0.4, -0.2) is 36.5 Å². The Hall–Kier alpha value is -0.450. The van der Waals surface area contributed by atoms with Crippen molar-refractivity contribution in [1.29, 1.82) is 0 Å². The van der Waals surface area contributed by atoms with Gasteiger partial charge in [0.1, 0.15) is 5.78 Å². The van der Waals surface area contributed by atoms with E-state index in [0.717, 1.165) is 32.1 Å². The molecule has 6 atom stereocenters. The lowest BCUT2D eigenvalue weighted by Gasteiger charge is -2.56. The highest BCUT2D eigenvalue weighted by atomic mass is 16.7. The molecule has 0 N–H and O–H groups in total. The Balaban J connectivity index is 1.52. The summed E-state index contributed by atoms with van der Waals surface area (Å²) in [5.74, 6) is 1.82. The number of ether oxygens (including phenoxy) is 3. The highest BCUT2D eigenvalue weighted by molar-refractivity contribution is 5.85. The largest absolute Gasteiger partial charge is 0.372 e. The molecule has 3 aliphatic carbocycles. The SMILES string of the molecule is CC(C)(C)O[C@@H]1CCC2C3CCC(=O)[C@@](C)(CCC4(C)OCCO4)[C@@H]3CC[C@]21C. The molecule has 0 aromatic heterocycles. The zero-order chi connectivity index (χ0) is 21.1. The maximum Gasteiger partial charge on any atom is 0.165 e. The van der Waals surface area contributed by atoms with Gasteiger partial charge in [-0.2, -0.15) is 0 Å². The predicted molar refractivity (Wildman–Crippen MR) is 114 cm³/mol. The highest BCUT2D eigenvalue weighted by Crippen LogP contribution is 2.63. The molecule has 4 fully saturated rings. The number of carbonyl (C=O) groups excluding carboxylic acids is 1. The predicted octanol–water partition coefficient (Wildman–Crippen LogP) is 5.53. The van der Waals surface area contributed by atoms with Gasteiger partial charge in [0.25, 0.3) is 0 Å². The zero-order valence-electron chi connectivity index (χ0n) is 19.5. The minimum atomic E-state index is -0.502. The topological polar surface area (TPSA) is 44.8 Å². The molecule has 0 amide bonds. The van der Waals surface area contributed by atoms with Gasteiger partial charge in [0.15, 0.2) is 5.79 Å². The first-order valence-electron chi connectivity index (χ1n) is 12.0. The maximum atomic E-state index is 13.2. The van der Waals surface area contributed by atoms with Crippen LogP contribution in [0.2, 0.25) is 0 Å². The molecule has 4 nitrogen and oxygen atoms in total. The van der Waals surface area contributed by atoms with Crippen LogP contribution < -0.4 is 0 Å². The lowest BCUT2D eigenvalue weighted by Crippen LogP contribution is -2.54. The van der Waals surface area contributed by atoms with Gasteiger partial charge in [-0.05, 0) is 89.4 Å². The Kier molecular flexibility index (Phi) is 5.49. The van der Waals surface area contributed by atoms with Gasteiger partial charge in [0.2, 0.25) is 0 Å². The third-order valence-electron chi connectivity index (χ3n) is 9.00. The average Bonchev–Trinajstić information content (AvgIpc) is 3.20. The number of ketones is 1. The fourth-order valence-electron chi connectivity index (χ4n) is 7.36. The zero-order valence-corrected chi connectivity index (χ0v) is 19.5. The van der Waals surface area contributed by atoms with Crippen LogP contribution >= 0.6 is 0 Å². The third kappa shape index (κ3) is 3.83. The summed E-state index contributed by atoms with van der Waals surface area (Å²) in [4.78, 5) is 13.2. The summed E-state index contributed by atoms with van der Waals surface area (Å²) in [7, 11) is 0. The number of fused-ring (bicyclic) bond motifs is 3. The van der Waals surface area contributed by atoms with Crippen LogP contribution in [0.1, 0.15) is 92.9 Å². The Morgan fingerprint density at radius 2 is 1.66 bits per heavy atom. The number of Topliss-reactive ketones (excluding diaryl/α,β-unsaturated/α-hetero) is 1. The van der Waals surface area contributed by atoms with Crippen molar-refractivity contribution in [2.24, 2.45) is 28.6 Å². The molecule has 166 valence electrons. The molecule has 1 saturated heterocycles. The quantitative estimate of drug-likeness (QED) is 0.616. The van der Waals surface area contributed by atoms with E-state index in [4.69, 9.17) is 14.2 Å². The smallest absolute Gasteiger partial charge is 0.165 e. The van der Waals surface area contributed by atoms with E-state index in [-0.39, 0.29) is 16.4 Å². The summed E-state index contributed by atoms with van der Waals surface area (Å²) in [5, 5.41) is 0. The van der Waals surface area contributed by atoms with Crippen molar-refractivity contribution in [2.45, 2.75) is 110 Å². The van der Waals surface area contributed by atoms with Crippen molar-refractivity contribution in [3.05, 3.63) is 0 Å². The van der Waals surface area contributed by atoms with Crippen molar-refractivity contribution in [1.82, 2.24) is 0 Å². The van der Waals surface area contributed by atoms with Gasteiger partial charge in [0.05, 0.1) is 24.9 Å². The standard InChI is InChI=1S/C25H42O4/c1-22(2,3)29-21-10-8-18-17-7-9-20(26)23(4,19(17)11-12-24(18,21)5)13-14-25(6)27-15-16-28-25/h17-19,21H,7-16H2,1-6H3/t17?,18?,19-,21-,23+,24-/m1/s1. The minimum Gasteiger partial charge on any atom is -0.372 e. The van der Waals surface area contributed by atoms with Crippen LogP contribution in [0.5, 0.6) is 0 Å². The summed E-state index contributed by atoms with van der Waals surface area (Å²) in [5.41, 5.74) is -0.0574. The number of rotatable bonds is 4. The second-order valence-corrected chi connectivity index (χ2v) is 11.9. The summed E-state index contributed by atoms with van der Waals surface area (Å²) in [6.45, 7) is 14.7. The van der Waals surface area contributed by atoms with Gasteiger partial charge >= 0.3 is 0 Å². The van der Waals surface area contributed by atoms with Crippen LogP contribution in [0.4, 0.5) is 0 Å². The molecular weight excluding hydrogens is 364 g/mol. The second kappa shape index (κ2) is 7.31. The molecule has 3 saturated carbocycles. The molecule has 29 heavy (non-hydrogen) atoms. The molecule has 0 spiro atoms. The van der Waals surface area contributed by atoms with Crippen molar-refractivity contribution in [3.8, 4) is 0 Å². The first-order chi connectivity index (χ1) is 13.5. The number of carbonyl (C=O) groups is 1. The summed E-state index contributed by atoms with van der Waals surface area (Å²) >= 11 is 0. The van der Waals surface area contributed by atoms with E-state index < -0.39 is 5.79 Å². The molecule has 0 aromatic rings. The molecule has 2 unspecified atom stereocenters. The van der Waals surface area contributed by atoms with Crippen LogP contribution in [0.25, 0.3) is 0 Å². The second-order valence-electron chi connectivity index (χ2n) is 11.9. The van der Waals surface area contributed by atoms with Crippen LogP contribution in [0.15, 0.2) is 0 Å². The number of hydrogen-bond donors (Lipinski definition) is 0. The van der Waals surface area contributed by atoms with E-state index >= 15 is 0 Å². The Bertz CT molecular complexity index is 631. The highest BCUT2D eigenvalue weighted by Gasteiger charge is 2.60. The summed E-state index contributed by atoms with van der Waals surface area (Å²) < 4.78 is 18.2. The lowest BCUT2D eigenvalue weighted by atomic mass is 9.49. The first-order valence-corrected chi connectivity index (χ1v) is 12.0. The van der Waals surface area contributed by atoms with Crippen molar-refractivity contribution in [2.75, 3.05) is 13.2 Å². The van der Waals surface area contributed by atoms with E-state index in [2.05, 4.69) is 34.6 Å². The van der Waals surface area contributed by atoms with Crippen molar-refractivity contribution < 1.29 is 19.0 Å². The van der Waals surface area contributed by atoms with Gasteiger partial charge in [-0.3, -0.25) is 4.79 Å². The maximum absolute atomic E-state index is 13.2. The van der Waals surface area contributed by atoms with Crippen LogP contribution in [-0.2, 0) is 19.0 Å². The van der Waals surface area contributed by atoms with E-state index in [1.165, 1.54) is 19.3 Å². The van der Waals surface area contributed by atoms with E-state index in [0.29, 0.717) is 42.9 Å². The monoisotopic (exact) mass is 406 g/mol. The van der Waals surface area contributed by atoms with Gasteiger partial charge < -0.3 is 14.2 Å². The Labute approximate surface area is 177 Å². The lowest BCUT2D eigenvalue weighted by molar-refractivity contribution is -0.170. The molecule has 4 heteroatoms. The molecule has 0 radical (unpaired) electrons. The number of hydrogen-bond acceptors (Lipinski definition) is 4. The summed E-state index contributed by atoms with van der Waals surface area (Å²) in [6, 6.07) is 0. The van der Waals surface area contributed by atoms with Crippen molar-refractivity contribution >= 4 is 5.78 Å². The molecule has 0 aromatic carbocycles. The molecular formula is C25H42O4. The van der Waals surface area contributed by atoms with E-state index in [9.17, 15) is 4.79 Å².